The third-order valence-electron chi connectivity index (χ3n) is 3.49. The van der Waals surface area contributed by atoms with Crippen molar-refractivity contribution in [3.63, 3.8) is 0 Å². The number of anilines is 1. The van der Waals surface area contributed by atoms with Crippen molar-refractivity contribution in [3.8, 4) is 0 Å². The van der Waals surface area contributed by atoms with E-state index in [4.69, 9.17) is 16.3 Å². The molecule has 0 fully saturated rings. The second-order valence-electron chi connectivity index (χ2n) is 5.07. The van der Waals surface area contributed by atoms with Gasteiger partial charge >= 0.3 is 5.97 Å². The molecule has 6 heteroatoms. The van der Waals surface area contributed by atoms with Crippen LogP contribution in [0.5, 0.6) is 0 Å². The van der Waals surface area contributed by atoms with Crippen molar-refractivity contribution in [1.29, 1.82) is 0 Å². The van der Waals surface area contributed by atoms with Crippen LogP contribution in [0.3, 0.4) is 0 Å². The Morgan fingerprint density at radius 3 is 2.77 bits per heavy atom. The van der Waals surface area contributed by atoms with Gasteiger partial charge in [0, 0.05) is 5.69 Å². The summed E-state index contributed by atoms with van der Waals surface area (Å²) in [6.45, 7) is -0.314. The molecule has 22 heavy (non-hydrogen) atoms. The van der Waals surface area contributed by atoms with E-state index in [1.54, 1.807) is 12.1 Å². The normalized spacial score (nSPS) is 12.8. The van der Waals surface area contributed by atoms with Gasteiger partial charge in [0.25, 0.3) is 5.91 Å². The van der Waals surface area contributed by atoms with E-state index in [0.29, 0.717) is 9.21 Å². The van der Waals surface area contributed by atoms with Crippen LogP contribution in [-0.4, -0.2) is 18.5 Å². The van der Waals surface area contributed by atoms with Crippen LogP contribution in [0, 0.1) is 0 Å². The molecule has 3 rings (SSSR count). The second-order valence-corrected chi connectivity index (χ2v) is 6.78. The van der Waals surface area contributed by atoms with Crippen LogP contribution in [0.15, 0.2) is 30.3 Å². The predicted molar refractivity (Wildman–Crippen MR) is 86.7 cm³/mol. The van der Waals surface area contributed by atoms with Gasteiger partial charge in [-0.15, -0.1) is 11.3 Å². The SMILES string of the molecule is O=C(COC(=O)c1ccc(Cl)s1)Nc1ccc2c(c1)CCC2. The van der Waals surface area contributed by atoms with Crippen LogP contribution in [-0.2, 0) is 22.4 Å². The molecular weight excluding hydrogens is 322 g/mol. The lowest BCUT2D eigenvalue weighted by Crippen LogP contribution is -2.20. The minimum atomic E-state index is -0.541. The summed E-state index contributed by atoms with van der Waals surface area (Å²) in [5.74, 6) is -0.894. The van der Waals surface area contributed by atoms with Gasteiger partial charge in [0.05, 0.1) is 4.34 Å². The average Bonchev–Trinajstić information content (AvgIpc) is 3.13. The number of esters is 1. The third-order valence-corrected chi connectivity index (χ3v) is 4.70. The monoisotopic (exact) mass is 335 g/mol. The zero-order valence-electron chi connectivity index (χ0n) is 11.7. The standard InChI is InChI=1S/C16H14ClNO3S/c17-14-7-6-13(22-14)16(20)21-9-15(19)18-12-5-4-10-2-1-3-11(10)8-12/h4-8H,1-3,9H2,(H,18,19). The Kier molecular flexibility index (Phi) is 4.45. The number of benzene rings is 1. The number of halogens is 1. The molecule has 1 N–H and O–H groups in total. The van der Waals surface area contributed by atoms with Gasteiger partial charge in [-0.2, -0.15) is 0 Å². The van der Waals surface area contributed by atoms with Gasteiger partial charge in [-0.3, -0.25) is 4.79 Å². The van der Waals surface area contributed by atoms with Crippen molar-refractivity contribution in [3.05, 3.63) is 50.7 Å². The highest BCUT2D eigenvalue weighted by atomic mass is 35.5. The Morgan fingerprint density at radius 2 is 2.00 bits per heavy atom. The fourth-order valence-electron chi connectivity index (χ4n) is 2.47. The number of thiophene rings is 1. The molecule has 1 aromatic carbocycles. The van der Waals surface area contributed by atoms with Gasteiger partial charge in [-0.25, -0.2) is 4.79 Å². The van der Waals surface area contributed by atoms with Crippen molar-refractivity contribution in [2.24, 2.45) is 0 Å². The van der Waals surface area contributed by atoms with E-state index < -0.39 is 5.97 Å². The van der Waals surface area contributed by atoms with Gasteiger partial charge in [0.15, 0.2) is 6.61 Å². The van der Waals surface area contributed by atoms with Crippen LogP contribution in [0.25, 0.3) is 0 Å². The molecule has 1 aromatic heterocycles. The number of fused-ring (bicyclic) bond motifs is 1. The lowest BCUT2D eigenvalue weighted by Gasteiger charge is -2.08. The summed E-state index contributed by atoms with van der Waals surface area (Å²) in [4.78, 5) is 23.9. The Balaban J connectivity index is 1.53. The quantitative estimate of drug-likeness (QED) is 0.867. The minimum Gasteiger partial charge on any atom is -0.451 e. The molecule has 1 aliphatic rings. The number of hydrogen-bond acceptors (Lipinski definition) is 4. The topological polar surface area (TPSA) is 55.4 Å². The second kappa shape index (κ2) is 6.50. The van der Waals surface area contributed by atoms with Gasteiger partial charge in [-0.1, -0.05) is 17.7 Å². The molecule has 0 unspecified atom stereocenters. The van der Waals surface area contributed by atoms with Crippen LogP contribution >= 0.6 is 22.9 Å². The molecule has 0 radical (unpaired) electrons. The zero-order chi connectivity index (χ0) is 15.5. The zero-order valence-corrected chi connectivity index (χ0v) is 13.3. The fraction of sp³-hybridized carbons (Fsp3) is 0.250. The summed E-state index contributed by atoms with van der Waals surface area (Å²) < 4.78 is 5.48. The number of amides is 1. The molecule has 0 spiro atoms. The number of carbonyl (C=O) groups excluding carboxylic acids is 2. The molecule has 0 aliphatic heterocycles. The van der Waals surface area contributed by atoms with Gasteiger partial charge in [0.2, 0.25) is 0 Å². The van der Waals surface area contributed by atoms with Crippen LogP contribution in [0.2, 0.25) is 4.34 Å². The van der Waals surface area contributed by atoms with E-state index in [0.717, 1.165) is 36.3 Å². The number of aryl methyl sites for hydroxylation is 2. The minimum absolute atomic E-state index is 0.314. The number of ether oxygens (including phenoxy) is 1. The van der Waals surface area contributed by atoms with E-state index in [9.17, 15) is 9.59 Å². The van der Waals surface area contributed by atoms with Gasteiger partial charge in [-0.05, 0) is 54.7 Å². The van der Waals surface area contributed by atoms with E-state index in [1.165, 1.54) is 11.1 Å². The average molecular weight is 336 g/mol. The Hall–Kier alpha value is -1.85. The molecule has 0 atom stereocenters. The summed E-state index contributed by atoms with van der Waals surface area (Å²) >= 11 is 6.88. The maximum Gasteiger partial charge on any atom is 0.348 e. The van der Waals surface area contributed by atoms with Crippen molar-refractivity contribution in [2.75, 3.05) is 11.9 Å². The summed E-state index contributed by atoms with van der Waals surface area (Å²) in [6.07, 6.45) is 3.31. The van der Waals surface area contributed by atoms with Gasteiger partial charge in [0.1, 0.15) is 4.88 Å². The lowest BCUT2D eigenvalue weighted by atomic mass is 10.1. The summed E-state index contributed by atoms with van der Waals surface area (Å²) in [5, 5.41) is 2.74. The third kappa shape index (κ3) is 3.48. The molecule has 1 amide bonds. The van der Waals surface area contributed by atoms with Crippen molar-refractivity contribution in [2.45, 2.75) is 19.3 Å². The number of carbonyl (C=O) groups is 2. The lowest BCUT2D eigenvalue weighted by molar-refractivity contribution is -0.119. The number of hydrogen-bond donors (Lipinski definition) is 1. The first kappa shape index (κ1) is 15.1. The van der Waals surface area contributed by atoms with E-state index >= 15 is 0 Å². The van der Waals surface area contributed by atoms with E-state index in [1.807, 2.05) is 18.2 Å². The molecule has 0 saturated heterocycles. The first-order valence-electron chi connectivity index (χ1n) is 6.96. The maximum absolute atomic E-state index is 11.8. The first-order valence-corrected chi connectivity index (χ1v) is 8.15. The molecule has 2 aromatic rings. The van der Waals surface area contributed by atoms with E-state index in [2.05, 4.69) is 5.32 Å². The van der Waals surface area contributed by atoms with Gasteiger partial charge < -0.3 is 10.1 Å². The molecule has 1 aliphatic carbocycles. The van der Waals surface area contributed by atoms with Crippen LogP contribution in [0.1, 0.15) is 27.2 Å². The van der Waals surface area contributed by atoms with Crippen molar-refractivity contribution < 1.29 is 14.3 Å². The van der Waals surface area contributed by atoms with Crippen LogP contribution in [0.4, 0.5) is 5.69 Å². The summed E-state index contributed by atoms with van der Waals surface area (Å²) in [5.41, 5.74) is 3.36. The molecule has 1 heterocycles. The smallest absolute Gasteiger partial charge is 0.348 e. The molecular formula is C16H14ClNO3S. The van der Waals surface area contributed by atoms with Crippen molar-refractivity contribution >= 4 is 40.5 Å². The molecule has 4 nitrogen and oxygen atoms in total. The van der Waals surface area contributed by atoms with E-state index in [-0.39, 0.29) is 12.5 Å². The Morgan fingerprint density at radius 1 is 1.18 bits per heavy atom. The van der Waals surface area contributed by atoms with Crippen molar-refractivity contribution in [1.82, 2.24) is 0 Å². The molecule has 0 bridgehead atoms. The number of nitrogens with one attached hydrogen (secondary N) is 1. The highest BCUT2D eigenvalue weighted by molar-refractivity contribution is 7.17. The largest absolute Gasteiger partial charge is 0.451 e. The molecule has 114 valence electrons. The Bertz CT molecular complexity index is 726. The maximum atomic E-state index is 11.8. The summed E-state index contributed by atoms with van der Waals surface area (Å²) in [6, 6.07) is 9.10. The fourth-order valence-corrected chi connectivity index (χ4v) is 3.41. The summed E-state index contributed by atoms with van der Waals surface area (Å²) in [7, 11) is 0. The number of rotatable bonds is 4. The molecule has 0 saturated carbocycles. The highest BCUT2D eigenvalue weighted by Crippen LogP contribution is 2.25. The predicted octanol–water partition coefficient (Wildman–Crippen LogP) is 3.69. The Labute approximate surface area is 137 Å². The highest BCUT2D eigenvalue weighted by Gasteiger charge is 2.14. The first-order chi connectivity index (χ1) is 10.6. The van der Waals surface area contributed by atoms with Crippen LogP contribution < -0.4 is 5.32 Å².